The molecule has 3 nitrogen and oxygen atoms in total. The van der Waals surface area contributed by atoms with E-state index in [1.165, 1.54) is 6.07 Å². The summed E-state index contributed by atoms with van der Waals surface area (Å²) in [7, 11) is -3.75. The summed E-state index contributed by atoms with van der Waals surface area (Å²) in [6.07, 6.45) is 0. The summed E-state index contributed by atoms with van der Waals surface area (Å²) in [4.78, 5) is 0.158. The number of benzene rings is 2. The zero-order chi connectivity index (χ0) is 12.3. The van der Waals surface area contributed by atoms with E-state index in [4.69, 9.17) is 4.18 Å². The summed E-state index contributed by atoms with van der Waals surface area (Å²) in [6.45, 7) is 1.83. The van der Waals surface area contributed by atoms with Crippen molar-refractivity contribution in [2.75, 3.05) is 0 Å². The van der Waals surface area contributed by atoms with Crippen LogP contribution in [0.4, 0.5) is 0 Å². The predicted molar refractivity (Wildman–Crippen MR) is 64.3 cm³/mol. The maximum atomic E-state index is 11.9. The molecule has 0 bridgehead atoms. The van der Waals surface area contributed by atoms with Gasteiger partial charge in [-0.3, -0.25) is 0 Å². The molecule has 87 valence electrons. The lowest BCUT2D eigenvalue weighted by atomic mass is 10.2. The van der Waals surface area contributed by atoms with Crippen LogP contribution in [0.1, 0.15) is 5.56 Å². The molecule has 0 aromatic heterocycles. The monoisotopic (exact) mass is 247 g/mol. The standard InChI is InChI=1S/C13H11O3S/c1-11-6-5-9-13(10-11)17(14,15)16-12-7-3-2-4-8-12/h3-10H,1H3. The first-order valence-electron chi connectivity index (χ1n) is 5.05. The SMILES string of the molecule is Cc1cccc(S(=O)(=O)Oc2cc[c]cc2)c1. The fourth-order valence-corrected chi connectivity index (χ4v) is 2.41. The Balaban J connectivity index is 2.32. The molecule has 2 aromatic rings. The van der Waals surface area contributed by atoms with Gasteiger partial charge in [0.05, 0.1) is 0 Å². The number of hydrogen-bond acceptors (Lipinski definition) is 3. The highest BCUT2D eigenvalue weighted by Crippen LogP contribution is 2.18. The highest BCUT2D eigenvalue weighted by molar-refractivity contribution is 7.87. The molecule has 2 aromatic carbocycles. The van der Waals surface area contributed by atoms with Gasteiger partial charge in [-0.15, -0.1) is 0 Å². The summed E-state index contributed by atoms with van der Waals surface area (Å²) >= 11 is 0. The van der Waals surface area contributed by atoms with Gasteiger partial charge in [0.1, 0.15) is 10.6 Å². The van der Waals surface area contributed by atoms with Crippen molar-refractivity contribution in [1.29, 1.82) is 0 Å². The Bertz CT molecular complexity index is 604. The molecule has 0 spiro atoms. The van der Waals surface area contributed by atoms with Gasteiger partial charge >= 0.3 is 10.1 Å². The van der Waals surface area contributed by atoms with E-state index < -0.39 is 10.1 Å². The van der Waals surface area contributed by atoms with Gasteiger partial charge in [0.25, 0.3) is 0 Å². The Labute approximate surface area is 101 Å². The molecule has 0 N–H and O–H groups in total. The zero-order valence-electron chi connectivity index (χ0n) is 9.25. The summed E-state index contributed by atoms with van der Waals surface area (Å²) < 4.78 is 28.8. The second-order valence-electron chi connectivity index (χ2n) is 3.59. The molecule has 0 unspecified atom stereocenters. The van der Waals surface area contributed by atoms with E-state index >= 15 is 0 Å². The van der Waals surface area contributed by atoms with Gasteiger partial charge in [0.15, 0.2) is 0 Å². The molecule has 0 saturated carbocycles. The first-order valence-corrected chi connectivity index (χ1v) is 6.46. The smallest absolute Gasteiger partial charge is 0.339 e. The van der Waals surface area contributed by atoms with Crippen LogP contribution < -0.4 is 4.18 Å². The van der Waals surface area contributed by atoms with E-state index in [0.717, 1.165) is 5.56 Å². The fraction of sp³-hybridized carbons (Fsp3) is 0.0769. The van der Waals surface area contributed by atoms with Crippen LogP contribution in [0.15, 0.2) is 53.4 Å². The molecular formula is C13H11O3S. The Morgan fingerprint density at radius 1 is 1.12 bits per heavy atom. The van der Waals surface area contributed by atoms with Crippen molar-refractivity contribution in [3.63, 3.8) is 0 Å². The van der Waals surface area contributed by atoms with Crippen molar-refractivity contribution < 1.29 is 12.6 Å². The molecule has 0 saturated heterocycles. The largest absolute Gasteiger partial charge is 0.379 e. The molecule has 0 heterocycles. The topological polar surface area (TPSA) is 43.4 Å². The van der Waals surface area contributed by atoms with Gasteiger partial charge in [-0.1, -0.05) is 24.3 Å². The van der Waals surface area contributed by atoms with Crippen molar-refractivity contribution in [3.8, 4) is 5.75 Å². The number of aryl methyl sites for hydroxylation is 1. The first-order chi connectivity index (χ1) is 8.08. The molecule has 2 rings (SSSR count). The van der Waals surface area contributed by atoms with Gasteiger partial charge in [0.2, 0.25) is 0 Å². The van der Waals surface area contributed by atoms with E-state index in [0.29, 0.717) is 0 Å². The second kappa shape index (κ2) is 4.59. The van der Waals surface area contributed by atoms with Gasteiger partial charge in [0, 0.05) is 0 Å². The maximum absolute atomic E-state index is 11.9. The normalized spacial score (nSPS) is 11.1. The van der Waals surface area contributed by atoms with Crippen LogP contribution in [0, 0.1) is 13.0 Å². The lowest BCUT2D eigenvalue weighted by molar-refractivity contribution is 0.486. The van der Waals surface area contributed by atoms with Crippen LogP contribution in [0.25, 0.3) is 0 Å². The van der Waals surface area contributed by atoms with Crippen LogP contribution in [-0.4, -0.2) is 8.42 Å². The number of rotatable bonds is 3. The van der Waals surface area contributed by atoms with E-state index in [-0.39, 0.29) is 10.6 Å². The van der Waals surface area contributed by atoms with Gasteiger partial charge < -0.3 is 4.18 Å². The summed E-state index contributed by atoms with van der Waals surface area (Å²) in [5.74, 6) is 0.283. The van der Waals surface area contributed by atoms with Crippen LogP contribution in [0.5, 0.6) is 5.75 Å². The van der Waals surface area contributed by atoms with Crippen LogP contribution in [0.3, 0.4) is 0 Å². The highest BCUT2D eigenvalue weighted by atomic mass is 32.2. The van der Waals surface area contributed by atoms with Crippen molar-refractivity contribution >= 4 is 10.1 Å². The third-order valence-electron chi connectivity index (χ3n) is 2.17. The van der Waals surface area contributed by atoms with E-state index in [2.05, 4.69) is 6.07 Å². The summed E-state index contributed by atoms with van der Waals surface area (Å²) in [5, 5.41) is 0. The van der Waals surface area contributed by atoms with Crippen LogP contribution >= 0.6 is 0 Å². The van der Waals surface area contributed by atoms with Crippen molar-refractivity contribution in [2.45, 2.75) is 11.8 Å². The maximum Gasteiger partial charge on any atom is 0.339 e. The fourth-order valence-electron chi connectivity index (χ4n) is 1.37. The van der Waals surface area contributed by atoms with Crippen molar-refractivity contribution in [1.82, 2.24) is 0 Å². The third-order valence-corrected chi connectivity index (χ3v) is 3.41. The van der Waals surface area contributed by atoms with Crippen LogP contribution in [-0.2, 0) is 10.1 Å². The number of hydrogen-bond donors (Lipinski definition) is 0. The van der Waals surface area contributed by atoms with Crippen molar-refractivity contribution in [2.24, 2.45) is 0 Å². The molecule has 0 atom stereocenters. The minimum atomic E-state index is -3.75. The molecule has 0 aliphatic carbocycles. The zero-order valence-corrected chi connectivity index (χ0v) is 10.1. The molecule has 0 fully saturated rings. The van der Waals surface area contributed by atoms with E-state index in [9.17, 15) is 8.42 Å². The average Bonchev–Trinajstić information content (AvgIpc) is 2.30. The minimum absolute atomic E-state index is 0.158. The van der Waals surface area contributed by atoms with E-state index in [1.54, 1.807) is 36.4 Å². The average molecular weight is 247 g/mol. The minimum Gasteiger partial charge on any atom is -0.379 e. The molecule has 4 heteroatoms. The Hall–Kier alpha value is -1.81. The van der Waals surface area contributed by atoms with Gasteiger partial charge in [-0.2, -0.15) is 8.42 Å². The second-order valence-corrected chi connectivity index (χ2v) is 5.14. The molecule has 1 radical (unpaired) electrons. The van der Waals surface area contributed by atoms with E-state index in [1.807, 2.05) is 13.0 Å². The first kappa shape index (κ1) is 11.7. The Morgan fingerprint density at radius 2 is 1.82 bits per heavy atom. The van der Waals surface area contributed by atoms with Gasteiger partial charge in [-0.05, 0) is 42.8 Å². The molecule has 17 heavy (non-hydrogen) atoms. The quantitative estimate of drug-likeness (QED) is 0.783. The lowest BCUT2D eigenvalue weighted by Crippen LogP contribution is -2.09. The Kier molecular flexibility index (Phi) is 3.15. The van der Waals surface area contributed by atoms with Crippen LogP contribution in [0.2, 0.25) is 0 Å². The highest BCUT2D eigenvalue weighted by Gasteiger charge is 2.16. The molecule has 0 aliphatic rings. The summed E-state index contributed by atoms with van der Waals surface area (Å²) in [6, 6.07) is 15.7. The Morgan fingerprint density at radius 3 is 2.47 bits per heavy atom. The lowest BCUT2D eigenvalue weighted by Gasteiger charge is -2.06. The van der Waals surface area contributed by atoms with Crippen molar-refractivity contribution in [3.05, 3.63) is 60.2 Å². The third kappa shape index (κ3) is 2.85. The molecule has 0 amide bonds. The molecular weight excluding hydrogens is 236 g/mol. The molecule has 0 aliphatic heterocycles. The predicted octanol–water partition coefficient (Wildman–Crippen LogP) is 2.56. The van der Waals surface area contributed by atoms with Gasteiger partial charge in [-0.25, -0.2) is 0 Å². The summed E-state index contributed by atoms with van der Waals surface area (Å²) in [5.41, 5.74) is 0.871.